The second-order valence-corrected chi connectivity index (χ2v) is 5.44. The van der Waals surface area contributed by atoms with Crippen molar-refractivity contribution in [3.63, 3.8) is 0 Å². The third-order valence-corrected chi connectivity index (χ3v) is 3.39. The van der Waals surface area contributed by atoms with E-state index < -0.39 is 24.5 Å². The second-order valence-electron chi connectivity index (χ2n) is 5.44. The minimum Gasteiger partial charge on any atom is -0.507 e. The Kier molecular flexibility index (Phi) is 6.32. The fourth-order valence-electron chi connectivity index (χ4n) is 2.12. The number of phenolic OH excluding ortho intramolecular Hbond substituents is 1. The number of hydrogen-bond donors (Lipinski definition) is 2. The fourth-order valence-corrected chi connectivity index (χ4v) is 2.12. The molecule has 0 fully saturated rings. The van der Waals surface area contributed by atoms with Crippen LogP contribution in [0.2, 0.25) is 0 Å². The number of aromatic hydroxyl groups is 1. The largest absolute Gasteiger partial charge is 0.507 e. The number of ether oxygens (including phenoxy) is 2. The molecule has 136 valence electrons. The molecule has 0 spiro atoms. The summed E-state index contributed by atoms with van der Waals surface area (Å²) in [5.74, 6) is -2.00. The zero-order valence-electron chi connectivity index (χ0n) is 14.4. The van der Waals surface area contributed by atoms with Gasteiger partial charge in [0.2, 0.25) is 0 Å². The van der Waals surface area contributed by atoms with Gasteiger partial charge in [-0.05, 0) is 50.2 Å². The summed E-state index contributed by atoms with van der Waals surface area (Å²) in [6, 6.07) is 10.6. The van der Waals surface area contributed by atoms with Gasteiger partial charge >= 0.3 is 11.9 Å². The Hall–Kier alpha value is -3.35. The van der Waals surface area contributed by atoms with E-state index in [1.165, 1.54) is 24.3 Å². The first-order valence-electron chi connectivity index (χ1n) is 7.94. The lowest BCUT2D eigenvalue weighted by molar-refractivity contribution is -0.119. The van der Waals surface area contributed by atoms with E-state index in [0.717, 1.165) is 5.56 Å². The second kappa shape index (κ2) is 8.66. The lowest BCUT2D eigenvalue weighted by Crippen LogP contribution is -2.21. The molecule has 2 aromatic carbocycles. The van der Waals surface area contributed by atoms with Gasteiger partial charge in [0.05, 0.1) is 12.2 Å². The van der Waals surface area contributed by atoms with Crippen LogP contribution in [0, 0.1) is 6.92 Å². The molecular formula is C19H19NO6. The Morgan fingerprint density at radius 2 is 1.69 bits per heavy atom. The van der Waals surface area contributed by atoms with Crippen molar-refractivity contribution in [1.82, 2.24) is 0 Å². The van der Waals surface area contributed by atoms with E-state index in [4.69, 9.17) is 9.47 Å². The predicted octanol–water partition coefficient (Wildman–Crippen LogP) is 2.67. The number of anilines is 1. The smallest absolute Gasteiger partial charge is 0.342 e. The molecule has 0 unspecified atom stereocenters. The minimum absolute atomic E-state index is 0.00316. The van der Waals surface area contributed by atoms with Gasteiger partial charge in [-0.3, -0.25) is 4.79 Å². The van der Waals surface area contributed by atoms with Gasteiger partial charge in [-0.25, -0.2) is 9.59 Å². The van der Waals surface area contributed by atoms with Crippen LogP contribution in [0.1, 0.15) is 33.2 Å². The normalized spacial score (nSPS) is 10.1. The summed E-state index contributed by atoms with van der Waals surface area (Å²) < 4.78 is 9.78. The van der Waals surface area contributed by atoms with E-state index in [2.05, 4.69) is 5.32 Å². The number of esters is 2. The van der Waals surface area contributed by atoms with Gasteiger partial charge in [-0.2, -0.15) is 0 Å². The average Bonchev–Trinajstić information content (AvgIpc) is 2.62. The van der Waals surface area contributed by atoms with Crippen molar-refractivity contribution in [1.29, 1.82) is 0 Å². The first kappa shape index (κ1) is 19.0. The molecule has 0 radical (unpaired) electrons. The molecule has 0 aliphatic heterocycles. The summed E-state index contributed by atoms with van der Waals surface area (Å²) in [5.41, 5.74) is 1.58. The van der Waals surface area contributed by atoms with E-state index >= 15 is 0 Å². The highest BCUT2D eigenvalue weighted by Crippen LogP contribution is 2.19. The predicted molar refractivity (Wildman–Crippen MR) is 94.2 cm³/mol. The van der Waals surface area contributed by atoms with Gasteiger partial charge in [0.1, 0.15) is 11.3 Å². The van der Waals surface area contributed by atoms with Crippen LogP contribution in [-0.2, 0) is 14.3 Å². The Balaban J connectivity index is 1.89. The number of amides is 1. The average molecular weight is 357 g/mol. The highest BCUT2D eigenvalue weighted by Gasteiger charge is 2.15. The van der Waals surface area contributed by atoms with Crippen molar-refractivity contribution in [3.8, 4) is 5.75 Å². The molecule has 2 N–H and O–H groups in total. The topological polar surface area (TPSA) is 102 Å². The third-order valence-electron chi connectivity index (χ3n) is 3.39. The van der Waals surface area contributed by atoms with Crippen molar-refractivity contribution < 1.29 is 29.0 Å². The number of nitrogens with one attached hydrogen (secondary N) is 1. The van der Waals surface area contributed by atoms with Crippen LogP contribution in [0.4, 0.5) is 5.69 Å². The van der Waals surface area contributed by atoms with Crippen LogP contribution in [0.25, 0.3) is 0 Å². The van der Waals surface area contributed by atoms with Gasteiger partial charge in [0, 0.05) is 5.69 Å². The molecule has 0 heterocycles. The lowest BCUT2D eigenvalue weighted by atomic mass is 10.1. The molecule has 0 aliphatic rings. The van der Waals surface area contributed by atoms with E-state index in [1.54, 1.807) is 32.0 Å². The zero-order valence-corrected chi connectivity index (χ0v) is 14.4. The molecule has 2 rings (SSSR count). The molecule has 0 aliphatic carbocycles. The van der Waals surface area contributed by atoms with Crippen molar-refractivity contribution in [3.05, 3.63) is 59.2 Å². The number of rotatable bonds is 6. The monoisotopic (exact) mass is 357 g/mol. The number of hydrogen-bond acceptors (Lipinski definition) is 6. The Labute approximate surface area is 150 Å². The Morgan fingerprint density at radius 1 is 1.00 bits per heavy atom. The van der Waals surface area contributed by atoms with E-state index in [0.29, 0.717) is 11.3 Å². The SMILES string of the molecule is CCOC(=O)c1ccc(NC(=O)COC(=O)c2cc(C)ccc2O)cc1. The molecule has 0 bridgehead atoms. The summed E-state index contributed by atoms with van der Waals surface area (Å²) in [6.07, 6.45) is 0. The summed E-state index contributed by atoms with van der Waals surface area (Å²) in [4.78, 5) is 35.4. The third kappa shape index (κ3) is 5.07. The molecule has 7 heteroatoms. The molecule has 7 nitrogen and oxygen atoms in total. The number of phenols is 1. The van der Waals surface area contributed by atoms with Crippen LogP contribution < -0.4 is 5.32 Å². The number of carbonyl (C=O) groups is 3. The maximum absolute atomic E-state index is 11.9. The van der Waals surface area contributed by atoms with Crippen LogP contribution in [0.3, 0.4) is 0 Å². The molecule has 0 saturated carbocycles. The standard InChI is InChI=1S/C19H19NO6/c1-3-25-18(23)13-5-7-14(8-6-13)20-17(22)11-26-19(24)15-10-12(2)4-9-16(15)21/h4-10,21H,3,11H2,1-2H3,(H,20,22). The summed E-state index contributed by atoms with van der Waals surface area (Å²) >= 11 is 0. The zero-order chi connectivity index (χ0) is 19.1. The quantitative estimate of drug-likeness (QED) is 0.771. The maximum atomic E-state index is 11.9. The molecule has 0 aromatic heterocycles. The lowest BCUT2D eigenvalue weighted by Gasteiger charge is -2.08. The molecule has 26 heavy (non-hydrogen) atoms. The van der Waals surface area contributed by atoms with E-state index in [9.17, 15) is 19.5 Å². The summed E-state index contributed by atoms with van der Waals surface area (Å²) in [6.45, 7) is 3.25. The van der Waals surface area contributed by atoms with Gasteiger partial charge in [0.25, 0.3) is 5.91 Å². The van der Waals surface area contributed by atoms with E-state index in [-0.39, 0.29) is 17.9 Å². The fraction of sp³-hybridized carbons (Fsp3) is 0.211. The molecule has 0 atom stereocenters. The first-order chi connectivity index (χ1) is 12.4. The minimum atomic E-state index is -0.793. The van der Waals surface area contributed by atoms with Gasteiger partial charge < -0.3 is 19.9 Å². The molecular weight excluding hydrogens is 338 g/mol. The van der Waals surface area contributed by atoms with Crippen molar-refractivity contribution in [2.24, 2.45) is 0 Å². The van der Waals surface area contributed by atoms with Crippen molar-refractivity contribution in [2.75, 3.05) is 18.5 Å². The van der Waals surface area contributed by atoms with Crippen LogP contribution >= 0.6 is 0 Å². The van der Waals surface area contributed by atoms with Gasteiger partial charge in [-0.15, -0.1) is 0 Å². The maximum Gasteiger partial charge on any atom is 0.342 e. The Morgan fingerprint density at radius 3 is 2.35 bits per heavy atom. The molecule has 0 saturated heterocycles. The number of benzene rings is 2. The van der Waals surface area contributed by atoms with E-state index in [1.807, 2.05) is 0 Å². The summed E-state index contributed by atoms with van der Waals surface area (Å²) in [5, 5.41) is 12.2. The van der Waals surface area contributed by atoms with Gasteiger partial charge in [-0.1, -0.05) is 11.6 Å². The van der Waals surface area contributed by atoms with Crippen LogP contribution in [0.15, 0.2) is 42.5 Å². The first-order valence-corrected chi connectivity index (χ1v) is 7.94. The highest BCUT2D eigenvalue weighted by molar-refractivity contribution is 5.97. The molecule has 2 aromatic rings. The number of aryl methyl sites for hydroxylation is 1. The van der Waals surface area contributed by atoms with Crippen LogP contribution in [-0.4, -0.2) is 36.2 Å². The van der Waals surface area contributed by atoms with Crippen molar-refractivity contribution in [2.45, 2.75) is 13.8 Å². The van der Waals surface area contributed by atoms with Crippen molar-refractivity contribution >= 4 is 23.5 Å². The molecule has 1 amide bonds. The number of carbonyl (C=O) groups excluding carboxylic acids is 3. The Bertz CT molecular complexity index is 813. The summed E-state index contributed by atoms with van der Waals surface area (Å²) in [7, 11) is 0. The highest BCUT2D eigenvalue weighted by atomic mass is 16.5. The van der Waals surface area contributed by atoms with Crippen LogP contribution in [0.5, 0.6) is 5.75 Å². The van der Waals surface area contributed by atoms with Gasteiger partial charge in [0.15, 0.2) is 6.61 Å².